The molecule has 0 bridgehead atoms. The number of hydrogen-bond acceptors (Lipinski definition) is 6. The molecule has 1 aliphatic rings. The summed E-state index contributed by atoms with van der Waals surface area (Å²) >= 11 is 0. The monoisotopic (exact) mass is 327 g/mol. The van der Waals surface area contributed by atoms with E-state index in [0.29, 0.717) is 19.5 Å². The van der Waals surface area contributed by atoms with E-state index in [4.69, 9.17) is 4.74 Å². The fraction of sp³-hybridized carbons (Fsp3) is 0.688. The number of nitrogens with zero attached hydrogens (tertiary/aromatic N) is 1. The molecule has 7 nitrogen and oxygen atoms in total. The van der Waals surface area contributed by atoms with E-state index < -0.39 is 24.0 Å². The van der Waals surface area contributed by atoms with Gasteiger partial charge >= 0.3 is 11.9 Å². The molecule has 1 atom stereocenters. The van der Waals surface area contributed by atoms with Gasteiger partial charge in [-0.2, -0.15) is 0 Å². The summed E-state index contributed by atoms with van der Waals surface area (Å²) in [6, 6.07) is 0. The number of methoxy groups -OCH3 is 1. The average molecular weight is 327 g/mol. The highest BCUT2D eigenvalue weighted by molar-refractivity contribution is 5.92. The summed E-state index contributed by atoms with van der Waals surface area (Å²) in [4.78, 5) is 37.0. The third kappa shape index (κ3) is 5.35. The Labute approximate surface area is 136 Å². The van der Waals surface area contributed by atoms with E-state index in [2.05, 4.69) is 4.74 Å². The molecule has 1 saturated heterocycles. The molecule has 0 aromatic rings. The standard InChI is InChI=1S/C16H25NO6/c1-3-16(11-18,15(21)17-9-5-4-6-10-17)12-23-14(20)8-7-13(19)22-2/h7-8,18H,3-6,9-12H2,1-2H3/b8-7+. The number of aliphatic hydroxyl groups is 1. The molecule has 1 aliphatic heterocycles. The molecule has 0 spiro atoms. The Morgan fingerprint density at radius 2 is 1.74 bits per heavy atom. The van der Waals surface area contributed by atoms with Crippen molar-refractivity contribution in [3.63, 3.8) is 0 Å². The molecule has 7 heteroatoms. The first-order chi connectivity index (χ1) is 11.0. The molecule has 0 aromatic heterocycles. The summed E-state index contributed by atoms with van der Waals surface area (Å²) in [5.74, 6) is -1.62. The van der Waals surface area contributed by atoms with Gasteiger partial charge < -0.3 is 19.5 Å². The van der Waals surface area contributed by atoms with Gasteiger partial charge in [0.05, 0.1) is 13.7 Å². The van der Waals surface area contributed by atoms with Crippen LogP contribution in [0, 0.1) is 5.41 Å². The normalized spacial score (nSPS) is 17.6. The lowest BCUT2D eigenvalue weighted by Crippen LogP contribution is -2.50. The minimum absolute atomic E-state index is 0.188. The zero-order valence-corrected chi connectivity index (χ0v) is 13.7. The molecule has 1 N–H and O–H groups in total. The van der Waals surface area contributed by atoms with Crippen LogP contribution >= 0.6 is 0 Å². The number of ether oxygens (including phenoxy) is 2. The van der Waals surface area contributed by atoms with Gasteiger partial charge in [0.2, 0.25) is 5.91 Å². The quantitative estimate of drug-likeness (QED) is 0.545. The maximum Gasteiger partial charge on any atom is 0.331 e. The zero-order valence-electron chi connectivity index (χ0n) is 13.7. The molecule has 23 heavy (non-hydrogen) atoms. The first kappa shape index (κ1) is 19.2. The maximum atomic E-state index is 12.7. The number of likely N-dealkylation sites (tertiary alicyclic amines) is 1. The zero-order chi connectivity index (χ0) is 17.3. The number of hydrogen-bond donors (Lipinski definition) is 1. The van der Waals surface area contributed by atoms with Gasteiger partial charge in [0.1, 0.15) is 12.0 Å². The number of aliphatic hydroxyl groups excluding tert-OH is 1. The summed E-state index contributed by atoms with van der Waals surface area (Å²) in [6.45, 7) is 2.48. The Morgan fingerprint density at radius 1 is 1.13 bits per heavy atom. The van der Waals surface area contributed by atoms with Gasteiger partial charge in [-0.3, -0.25) is 4.79 Å². The van der Waals surface area contributed by atoms with Crippen LogP contribution in [0.15, 0.2) is 12.2 Å². The SMILES string of the molecule is CCC(CO)(COC(=O)/C=C/C(=O)OC)C(=O)N1CCCCC1. The van der Waals surface area contributed by atoms with Crippen LogP contribution < -0.4 is 0 Å². The van der Waals surface area contributed by atoms with Crippen molar-refractivity contribution < 1.29 is 29.0 Å². The summed E-state index contributed by atoms with van der Waals surface area (Å²) in [6.07, 6.45) is 5.22. The van der Waals surface area contributed by atoms with Crippen molar-refractivity contribution in [1.29, 1.82) is 0 Å². The number of amides is 1. The Balaban J connectivity index is 2.68. The molecule has 130 valence electrons. The fourth-order valence-corrected chi connectivity index (χ4v) is 2.43. The predicted molar refractivity (Wildman–Crippen MR) is 82.4 cm³/mol. The number of carbonyl (C=O) groups is 3. The molecule has 0 aliphatic carbocycles. The third-order valence-electron chi connectivity index (χ3n) is 4.12. The molecule has 1 fully saturated rings. The van der Waals surface area contributed by atoms with Crippen molar-refractivity contribution in [1.82, 2.24) is 4.90 Å². The third-order valence-corrected chi connectivity index (χ3v) is 4.12. The van der Waals surface area contributed by atoms with E-state index in [-0.39, 0.29) is 12.5 Å². The van der Waals surface area contributed by atoms with Gasteiger partial charge in [0.15, 0.2) is 0 Å². The Bertz CT molecular complexity index is 449. The molecular formula is C16H25NO6. The Morgan fingerprint density at radius 3 is 2.26 bits per heavy atom. The van der Waals surface area contributed by atoms with Gasteiger partial charge in [0, 0.05) is 25.2 Å². The summed E-state index contributed by atoms with van der Waals surface area (Å²) in [5.41, 5.74) is -1.13. The van der Waals surface area contributed by atoms with E-state index in [1.807, 2.05) is 0 Å². The van der Waals surface area contributed by atoms with Crippen molar-refractivity contribution >= 4 is 17.8 Å². The highest BCUT2D eigenvalue weighted by atomic mass is 16.5. The van der Waals surface area contributed by atoms with E-state index in [0.717, 1.165) is 31.4 Å². The Kier molecular flexibility index (Phi) is 7.74. The second-order valence-electron chi connectivity index (χ2n) is 5.61. The lowest BCUT2D eigenvalue weighted by molar-refractivity contribution is -0.156. The van der Waals surface area contributed by atoms with Crippen molar-refractivity contribution in [2.75, 3.05) is 33.4 Å². The maximum absolute atomic E-state index is 12.7. The fourth-order valence-electron chi connectivity index (χ4n) is 2.43. The summed E-state index contributed by atoms with van der Waals surface area (Å²) in [7, 11) is 1.20. The molecule has 0 radical (unpaired) electrons. The van der Waals surface area contributed by atoms with E-state index in [9.17, 15) is 19.5 Å². The molecule has 1 unspecified atom stereocenters. The van der Waals surface area contributed by atoms with Gasteiger partial charge in [-0.1, -0.05) is 6.92 Å². The topological polar surface area (TPSA) is 93.1 Å². The molecule has 0 saturated carbocycles. The van der Waals surface area contributed by atoms with Gasteiger partial charge in [-0.05, 0) is 25.7 Å². The highest BCUT2D eigenvalue weighted by Crippen LogP contribution is 2.27. The minimum Gasteiger partial charge on any atom is -0.466 e. The molecule has 0 aromatic carbocycles. The lowest BCUT2D eigenvalue weighted by Gasteiger charge is -2.36. The second-order valence-corrected chi connectivity index (χ2v) is 5.61. The van der Waals surface area contributed by atoms with Gasteiger partial charge in [-0.25, -0.2) is 9.59 Å². The van der Waals surface area contributed by atoms with Crippen LogP contribution in [0.4, 0.5) is 0 Å². The number of piperidine rings is 1. The number of esters is 2. The van der Waals surface area contributed by atoms with Crippen molar-refractivity contribution in [2.24, 2.45) is 5.41 Å². The van der Waals surface area contributed by atoms with Crippen LogP contribution in [-0.4, -0.2) is 61.3 Å². The van der Waals surface area contributed by atoms with E-state index in [1.165, 1.54) is 7.11 Å². The second kappa shape index (κ2) is 9.29. The number of carbonyl (C=O) groups excluding carboxylic acids is 3. The van der Waals surface area contributed by atoms with Crippen LogP contribution in [0.25, 0.3) is 0 Å². The van der Waals surface area contributed by atoms with Crippen LogP contribution in [0.3, 0.4) is 0 Å². The summed E-state index contributed by atoms with van der Waals surface area (Å²) < 4.78 is 9.43. The molecule has 1 rings (SSSR count). The summed E-state index contributed by atoms with van der Waals surface area (Å²) in [5, 5.41) is 9.72. The van der Waals surface area contributed by atoms with E-state index in [1.54, 1.807) is 11.8 Å². The van der Waals surface area contributed by atoms with Crippen molar-refractivity contribution in [2.45, 2.75) is 32.6 Å². The molecule has 1 amide bonds. The van der Waals surface area contributed by atoms with E-state index >= 15 is 0 Å². The van der Waals surface area contributed by atoms with Crippen LogP contribution in [-0.2, 0) is 23.9 Å². The van der Waals surface area contributed by atoms with Crippen LogP contribution in [0.2, 0.25) is 0 Å². The lowest BCUT2D eigenvalue weighted by atomic mass is 9.84. The number of rotatable bonds is 7. The molecular weight excluding hydrogens is 302 g/mol. The average Bonchev–Trinajstić information content (AvgIpc) is 2.61. The smallest absolute Gasteiger partial charge is 0.331 e. The minimum atomic E-state index is -1.13. The van der Waals surface area contributed by atoms with Crippen molar-refractivity contribution in [3.05, 3.63) is 12.2 Å². The van der Waals surface area contributed by atoms with Crippen molar-refractivity contribution in [3.8, 4) is 0 Å². The van der Waals surface area contributed by atoms with Crippen LogP contribution in [0.1, 0.15) is 32.6 Å². The first-order valence-corrected chi connectivity index (χ1v) is 7.82. The van der Waals surface area contributed by atoms with Gasteiger partial charge in [-0.15, -0.1) is 0 Å². The van der Waals surface area contributed by atoms with Crippen LogP contribution in [0.5, 0.6) is 0 Å². The first-order valence-electron chi connectivity index (χ1n) is 7.82. The molecule has 1 heterocycles. The predicted octanol–water partition coefficient (Wildman–Crippen LogP) is 0.660. The van der Waals surface area contributed by atoms with Gasteiger partial charge in [0.25, 0.3) is 0 Å². The Hall–Kier alpha value is -1.89. The largest absolute Gasteiger partial charge is 0.466 e. The highest BCUT2D eigenvalue weighted by Gasteiger charge is 2.40.